The highest BCUT2D eigenvalue weighted by molar-refractivity contribution is 7.92. The average Bonchev–Trinajstić information content (AvgIpc) is 2.40. The molecule has 2 rings (SSSR count). The van der Waals surface area contributed by atoms with Gasteiger partial charge in [-0.15, -0.1) is 0 Å². The van der Waals surface area contributed by atoms with E-state index in [0.717, 1.165) is 12.1 Å². The van der Waals surface area contributed by atoms with Crippen LogP contribution in [0.4, 0.5) is 24.5 Å². The monoisotopic (exact) mass is 350 g/mol. The summed E-state index contributed by atoms with van der Waals surface area (Å²) in [6.45, 7) is 0. The summed E-state index contributed by atoms with van der Waals surface area (Å²) < 4.78 is 64.0. The average molecular weight is 351 g/mol. The number of halogens is 4. The highest BCUT2D eigenvalue weighted by atomic mass is 35.5. The molecule has 4 nitrogen and oxygen atoms in total. The molecular formula is C13H10ClF3N2O2S. The standard InChI is InChI=1S/C13H10ClF3N2O2S/c14-9-2-4-10(5-3-9)22(20,21)19-12-6-1-8(7-11(12)18)13(15,16)17/h1-7,19H,18H2. The van der Waals surface area contributed by atoms with Gasteiger partial charge < -0.3 is 5.73 Å². The van der Waals surface area contributed by atoms with E-state index in [9.17, 15) is 21.6 Å². The van der Waals surface area contributed by atoms with Gasteiger partial charge in [0.05, 0.1) is 21.8 Å². The number of alkyl halides is 3. The fourth-order valence-corrected chi connectivity index (χ4v) is 2.86. The predicted molar refractivity (Wildman–Crippen MR) is 78.1 cm³/mol. The molecule has 0 saturated heterocycles. The van der Waals surface area contributed by atoms with E-state index in [4.69, 9.17) is 17.3 Å². The van der Waals surface area contributed by atoms with Crippen molar-refractivity contribution < 1.29 is 21.6 Å². The van der Waals surface area contributed by atoms with E-state index in [1.165, 1.54) is 24.3 Å². The summed E-state index contributed by atoms with van der Waals surface area (Å²) in [6.07, 6.45) is -4.55. The minimum atomic E-state index is -4.55. The molecule has 0 spiro atoms. The fourth-order valence-electron chi connectivity index (χ4n) is 1.65. The van der Waals surface area contributed by atoms with Crippen molar-refractivity contribution in [1.29, 1.82) is 0 Å². The van der Waals surface area contributed by atoms with Crippen molar-refractivity contribution in [3.05, 3.63) is 53.1 Å². The molecule has 9 heteroatoms. The van der Waals surface area contributed by atoms with Gasteiger partial charge in [0, 0.05) is 5.02 Å². The van der Waals surface area contributed by atoms with E-state index in [0.29, 0.717) is 11.1 Å². The van der Waals surface area contributed by atoms with Crippen LogP contribution in [0.5, 0.6) is 0 Å². The van der Waals surface area contributed by atoms with E-state index in [-0.39, 0.29) is 16.3 Å². The van der Waals surface area contributed by atoms with Crippen molar-refractivity contribution in [3.63, 3.8) is 0 Å². The zero-order valence-electron chi connectivity index (χ0n) is 10.9. The fraction of sp³-hybridized carbons (Fsp3) is 0.0769. The Hall–Kier alpha value is -1.93. The summed E-state index contributed by atoms with van der Waals surface area (Å²) in [4.78, 5) is -0.0869. The lowest BCUT2D eigenvalue weighted by atomic mass is 10.2. The number of benzene rings is 2. The van der Waals surface area contributed by atoms with Crippen molar-refractivity contribution >= 4 is 33.0 Å². The normalized spacial score (nSPS) is 12.2. The van der Waals surface area contributed by atoms with Crippen molar-refractivity contribution in [2.45, 2.75) is 11.1 Å². The van der Waals surface area contributed by atoms with Crippen molar-refractivity contribution in [3.8, 4) is 0 Å². The lowest BCUT2D eigenvalue weighted by Crippen LogP contribution is -2.15. The maximum absolute atomic E-state index is 12.5. The van der Waals surface area contributed by atoms with Gasteiger partial charge in [-0.25, -0.2) is 8.42 Å². The quantitative estimate of drug-likeness (QED) is 0.828. The molecule has 0 aliphatic heterocycles. The van der Waals surface area contributed by atoms with Crippen LogP contribution in [0.15, 0.2) is 47.4 Å². The van der Waals surface area contributed by atoms with Crippen molar-refractivity contribution in [2.24, 2.45) is 0 Å². The summed E-state index contributed by atoms with van der Waals surface area (Å²) in [7, 11) is -3.97. The zero-order valence-corrected chi connectivity index (χ0v) is 12.4. The van der Waals surface area contributed by atoms with E-state index >= 15 is 0 Å². The third kappa shape index (κ3) is 3.63. The lowest BCUT2D eigenvalue weighted by molar-refractivity contribution is -0.137. The Morgan fingerprint density at radius 1 is 1.05 bits per heavy atom. The molecule has 22 heavy (non-hydrogen) atoms. The van der Waals surface area contributed by atoms with Gasteiger partial charge in [-0.2, -0.15) is 13.2 Å². The van der Waals surface area contributed by atoms with Crippen LogP contribution in [0.2, 0.25) is 5.02 Å². The number of rotatable bonds is 3. The summed E-state index contributed by atoms with van der Waals surface area (Å²) in [5, 5.41) is 0.355. The lowest BCUT2D eigenvalue weighted by Gasteiger charge is -2.13. The van der Waals surface area contributed by atoms with E-state index in [1.807, 2.05) is 0 Å². The molecule has 0 unspecified atom stereocenters. The van der Waals surface area contributed by atoms with Crippen LogP contribution in [0.25, 0.3) is 0 Å². The number of hydrogen-bond acceptors (Lipinski definition) is 3. The Morgan fingerprint density at radius 2 is 1.64 bits per heavy atom. The summed E-state index contributed by atoms with van der Waals surface area (Å²) in [5.74, 6) is 0. The van der Waals surface area contributed by atoms with Gasteiger partial charge in [0.25, 0.3) is 10.0 Å². The predicted octanol–water partition coefficient (Wildman–Crippen LogP) is 3.74. The third-order valence-corrected chi connectivity index (χ3v) is 4.38. The van der Waals surface area contributed by atoms with Crippen LogP contribution >= 0.6 is 11.6 Å². The molecule has 2 aromatic rings. The summed E-state index contributed by atoms with van der Waals surface area (Å²) in [5.41, 5.74) is 4.06. The Kier molecular flexibility index (Phi) is 4.25. The molecular weight excluding hydrogens is 341 g/mol. The van der Waals surface area contributed by atoms with Crippen LogP contribution in [-0.4, -0.2) is 8.42 Å². The molecule has 0 bridgehead atoms. The second-order valence-electron chi connectivity index (χ2n) is 4.36. The first-order valence-corrected chi connectivity index (χ1v) is 7.71. The molecule has 0 aliphatic carbocycles. The van der Waals surface area contributed by atoms with E-state index in [2.05, 4.69) is 4.72 Å². The third-order valence-electron chi connectivity index (χ3n) is 2.75. The van der Waals surface area contributed by atoms with Crippen LogP contribution in [0, 0.1) is 0 Å². The Labute approximate surface area is 129 Å². The van der Waals surface area contributed by atoms with Gasteiger partial charge in [-0.3, -0.25) is 4.72 Å². The Bertz CT molecular complexity index is 790. The van der Waals surface area contributed by atoms with Gasteiger partial charge >= 0.3 is 6.18 Å². The molecule has 0 radical (unpaired) electrons. The van der Waals surface area contributed by atoms with E-state index < -0.39 is 21.8 Å². The Morgan fingerprint density at radius 3 is 2.14 bits per heavy atom. The highest BCUT2D eigenvalue weighted by Crippen LogP contribution is 2.33. The molecule has 0 heterocycles. The molecule has 0 aliphatic rings. The van der Waals surface area contributed by atoms with Gasteiger partial charge in [0.15, 0.2) is 0 Å². The Balaban J connectivity index is 2.32. The van der Waals surface area contributed by atoms with Crippen LogP contribution in [0.3, 0.4) is 0 Å². The number of nitrogens with two attached hydrogens (primary N) is 1. The number of nitrogen functional groups attached to an aromatic ring is 1. The van der Waals surface area contributed by atoms with Crippen molar-refractivity contribution in [1.82, 2.24) is 0 Å². The maximum atomic E-state index is 12.5. The molecule has 0 aromatic heterocycles. The van der Waals surface area contributed by atoms with Crippen LogP contribution < -0.4 is 10.5 Å². The summed E-state index contributed by atoms with van der Waals surface area (Å²) in [6, 6.07) is 7.68. The number of sulfonamides is 1. The number of nitrogens with one attached hydrogen (secondary N) is 1. The topological polar surface area (TPSA) is 72.2 Å². The van der Waals surface area contributed by atoms with Crippen LogP contribution in [-0.2, 0) is 16.2 Å². The van der Waals surface area contributed by atoms with Gasteiger partial charge in [-0.05, 0) is 42.5 Å². The molecule has 0 fully saturated rings. The molecule has 0 saturated carbocycles. The first-order chi connectivity index (χ1) is 10.1. The smallest absolute Gasteiger partial charge is 0.397 e. The largest absolute Gasteiger partial charge is 0.416 e. The van der Waals surface area contributed by atoms with E-state index in [1.54, 1.807) is 0 Å². The van der Waals surface area contributed by atoms with Gasteiger partial charge in [-0.1, -0.05) is 11.6 Å². The second-order valence-corrected chi connectivity index (χ2v) is 6.48. The molecule has 118 valence electrons. The second kappa shape index (κ2) is 5.69. The molecule has 3 N–H and O–H groups in total. The first-order valence-electron chi connectivity index (χ1n) is 5.85. The molecule has 0 atom stereocenters. The number of hydrogen-bond donors (Lipinski definition) is 2. The minimum absolute atomic E-state index is 0.0869. The number of anilines is 2. The summed E-state index contributed by atoms with van der Waals surface area (Å²) >= 11 is 5.67. The van der Waals surface area contributed by atoms with Gasteiger partial charge in [0.1, 0.15) is 0 Å². The maximum Gasteiger partial charge on any atom is 0.416 e. The molecule has 2 aromatic carbocycles. The molecule has 0 amide bonds. The first kappa shape index (κ1) is 16.4. The zero-order chi connectivity index (χ0) is 16.5. The van der Waals surface area contributed by atoms with Crippen LogP contribution in [0.1, 0.15) is 5.56 Å². The SMILES string of the molecule is Nc1cc(C(F)(F)F)ccc1NS(=O)(=O)c1ccc(Cl)cc1. The highest BCUT2D eigenvalue weighted by Gasteiger charge is 2.31. The van der Waals surface area contributed by atoms with Gasteiger partial charge in [0.2, 0.25) is 0 Å². The minimum Gasteiger partial charge on any atom is -0.397 e. The van der Waals surface area contributed by atoms with Crippen molar-refractivity contribution in [2.75, 3.05) is 10.5 Å².